The Hall–Kier alpha value is -2.35. The number of hydrogen-bond donors (Lipinski definition) is 0. The molecule has 1 amide bonds. The number of benzene rings is 2. The van der Waals surface area contributed by atoms with E-state index in [-0.39, 0.29) is 25.1 Å². The van der Waals surface area contributed by atoms with Gasteiger partial charge in [0.1, 0.15) is 0 Å². The Kier molecular flexibility index (Phi) is 7.18. The molecule has 2 heterocycles. The Balaban J connectivity index is 0.00000256. The monoisotopic (exact) mass is 447 g/mol. The van der Waals surface area contributed by atoms with E-state index in [0.29, 0.717) is 23.0 Å². The van der Waals surface area contributed by atoms with Gasteiger partial charge in [0.2, 0.25) is 6.79 Å². The molecule has 0 saturated carbocycles. The maximum atomic E-state index is 13.3. The van der Waals surface area contributed by atoms with Crippen LogP contribution in [0.1, 0.15) is 29.8 Å². The van der Waals surface area contributed by atoms with E-state index in [1.54, 1.807) is 4.90 Å². The van der Waals surface area contributed by atoms with Gasteiger partial charge in [-0.05, 0) is 32.1 Å². The summed E-state index contributed by atoms with van der Waals surface area (Å²) in [6, 6.07) is 11.5. The molecule has 30 heavy (non-hydrogen) atoms. The molecule has 1 aromatic heterocycles. The van der Waals surface area contributed by atoms with Gasteiger partial charge < -0.3 is 14.4 Å². The summed E-state index contributed by atoms with van der Waals surface area (Å²) in [5.41, 5.74) is 2.62. The number of carbonyl (C=O) groups excluding carboxylic acids is 1. The summed E-state index contributed by atoms with van der Waals surface area (Å²) in [5.74, 6) is 1.40. The quantitative estimate of drug-likeness (QED) is 0.523. The van der Waals surface area contributed by atoms with Gasteiger partial charge in [-0.1, -0.05) is 42.9 Å². The molecule has 160 valence electrons. The van der Waals surface area contributed by atoms with Crippen molar-refractivity contribution in [2.75, 3.05) is 37.9 Å². The summed E-state index contributed by atoms with van der Waals surface area (Å²) in [5, 5.41) is 0.696. The van der Waals surface area contributed by atoms with Crippen LogP contribution in [-0.4, -0.2) is 48.8 Å². The van der Waals surface area contributed by atoms with Gasteiger partial charge in [0.15, 0.2) is 16.6 Å². The van der Waals surface area contributed by atoms with E-state index in [4.69, 9.17) is 14.5 Å². The maximum absolute atomic E-state index is 13.3. The SMILES string of the molecule is CCN(CC)CCN(C(=O)c1ccc(C)cc1)c1nc2cc3c(cc2s1)OCO3.Cl. The first-order valence-electron chi connectivity index (χ1n) is 9.90. The van der Waals surface area contributed by atoms with Crippen molar-refractivity contribution < 1.29 is 14.3 Å². The van der Waals surface area contributed by atoms with Crippen LogP contribution >= 0.6 is 23.7 Å². The lowest BCUT2D eigenvalue weighted by molar-refractivity contribution is 0.0984. The van der Waals surface area contributed by atoms with Crippen molar-refractivity contribution in [3.8, 4) is 11.5 Å². The van der Waals surface area contributed by atoms with Crippen molar-refractivity contribution in [2.45, 2.75) is 20.8 Å². The molecule has 0 aliphatic carbocycles. The molecule has 6 nitrogen and oxygen atoms in total. The molecule has 0 fully saturated rings. The Morgan fingerprint density at radius 3 is 2.40 bits per heavy atom. The first-order valence-corrected chi connectivity index (χ1v) is 10.7. The smallest absolute Gasteiger partial charge is 0.260 e. The van der Waals surface area contributed by atoms with Crippen LogP contribution in [0.5, 0.6) is 11.5 Å². The normalized spacial score (nSPS) is 12.3. The highest BCUT2D eigenvalue weighted by Gasteiger charge is 2.23. The highest BCUT2D eigenvalue weighted by atomic mass is 35.5. The summed E-state index contributed by atoms with van der Waals surface area (Å²) >= 11 is 1.50. The second kappa shape index (κ2) is 9.64. The Morgan fingerprint density at radius 1 is 1.07 bits per heavy atom. The summed E-state index contributed by atoms with van der Waals surface area (Å²) in [6.07, 6.45) is 0. The highest BCUT2D eigenvalue weighted by Crippen LogP contribution is 2.40. The molecule has 0 radical (unpaired) electrons. The van der Waals surface area contributed by atoms with Gasteiger partial charge in [-0.2, -0.15) is 0 Å². The number of amides is 1. The third-order valence-electron chi connectivity index (χ3n) is 5.18. The number of rotatable bonds is 7. The number of thiazole rings is 1. The van der Waals surface area contributed by atoms with Crippen LogP contribution in [0.2, 0.25) is 0 Å². The van der Waals surface area contributed by atoms with Crippen LogP contribution in [0.3, 0.4) is 0 Å². The van der Waals surface area contributed by atoms with E-state index in [9.17, 15) is 4.79 Å². The highest BCUT2D eigenvalue weighted by molar-refractivity contribution is 7.22. The molecule has 0 N–H and O–H groups in total. The van der Waals surface area contributed by atoms with E-state index >= 15 is 0 Å². The molecule has 0 bridgehead atoms. The standard InChI is InChI=1S/C22H25N3O3S.ClH/c1-4-24(5-2)10-11-25(21(26)16-8-6-15(3)7-9-16)22-23-17-12-18-19(28-14-27-18)13-20(17)29-22;/h6-9,12-13H,4-5,10-11,14H2,1-3H3;1H. The fourth-order valence-corrected chi connectivity index (χ4v) is 4.34. The Morgan fingerprint density at radius 2 is 1.73 bits per heavy atom. The van der Waals surface area contributed by atoms with Crippen LogP contribution in [-0.2, 0) is 0 Å². The molecule has 3 aromatic rings. The van der Waals surface area contributed by atoms with Gasteiger partial charge in [0.25, 0.3) is 5.91 Å². The average molecular weight is 448 g/mol. The largest absolute Gasteiger partial charge is 0.454 e. The Bertz CT molecular complexity index is 977. The first-order chi connectivity index (χ1) is 14.1. The van der Waals surface area contributed by atoms with Gasteiger partial charge in [-0.15, -0.1) is 12.4 Å². The zero-order valence-corrected chi connectivity index (χ0v) is 19.0. The number of carbonyl (C=O) groups is 1. The summed E-state index contributed by atoms with van der Waals surface area (Å²) < 4.78 is 11.9. The van der Waals surface area contributed by atoms with Crippen LogP contribution in [0, 0.1) is 6.92 Å². The van der Waals surface area contributed by atoms with E-state index < -0.39 is 0 Å². The van der Waals surface area contributed by atoms with E-state index in [0.717, 1.165) is 41.2 Å². The van der Waals surface area contributed by atoms with E-state index in [1.165, 1.54) is 11.3 Å². The summed E-state index contributed by atoms with van der Waals surface area (Å²) in [7, 11) is 0. The number of aromatic nitrogens is 1. The predicted molar refractivity (Wildman–Crippen MR) is 124 cm³/mol. The number of likely N-dealkylation sites (N-methyl/N-ethyl adjacent to an activating group) is 1. The Labute approximate surface area is 186 Å². The number of hydrogen-bond acceptors (Lipinski definition) is 6. The third-order valence-corrected chi connectivity index (χ3v) is 6.22. The van der Waals surface area contributed by atoms with Crippen molar-refractivity contribution in [3.05, 3.63) is 47.5 Å². The van der Waals surface area contributed by atoms with Gasteiger partial charge >= 0.3 is 0 Å². The van der Waals surface area contributed by atoms with Crippen molar-refractivity contribution in [1.29, 1.82) is 0 Å². The van der Waals surface area contributed by atoms with Crippen molar-refractivity contribution in [2.24, 2.45) is 0 Å². The van der Waals surface area contributed by atoms with Gasteiger partial charge in [-0.3, -0.25) is 9.69 Å². The van der Waals surface area contributed by atoms with E-state index in [2.05, 4.69) is 18.7 Å². The minimum atomic E-state index is -0.0312. The lowest BCUT2D eigenvalue weighted by Gasteiger charge is -2.24. The molecule has 0 unspecified atom stereocenters. The molecule has 1 aliphatic rings. The molecule has 0 spiro atoms. The number of nitrogens with zero attached hydrogens (tertiary/aromatic N) is 3. The van der Waals surface area contributed by atoms with Gasteiger partial charge in [0.05, 0.1) is 10.2 Å². The van der Waals surface area contributed by atoms with Crippen LogP contribution in [0.15, 0.2) is 36.4 Å². The molecular formula is C22H26ClN3O3S. The van der Waals surface area contributed by atoms with E-state index in [1.807, 2.05) is 43.3 Å². The van der Waals surface area contributed by atoms with Gasteiger partial charge in [0, 0.05) is 30.8 Å². The molecule has 0 atom stereocenters. The second-order valence-corrected chi connectivity index (χ2v) is 8.03. The van der Waals surface area contributed by atoms with Crippen molar-refractivity contribution in [1.82, 2.24) is 9.88 Å². The zero-order valence-electron chi connectivity index (χ0n) is 17.4. The maximum Gasteiger partial charge on any atom is 0.260 e. The number of anilines is 1. The number of ether oxygens (including phenoxy) is 2. The van der Waals surface area contributed by atoms with Crippen molar-refractivity contribution >= 4 is 45.0 Å². The third kappa shape index (κ3) is 4.53. The first kappa shape index (κ1) is 22.3. The molecule has 0 saturated heterocycles. The fourth-order valence-electron chi connectivity index (χ4n) is 3.34. The molecule has 1 aliphatic heterocycles. The number of fused-ring (bicyclic) bond motifs is 2. The lowest BCUT2D eigenvalue weighted by Crippen LogP contribution is -2.38. The molecular weight excluding hydrogens is 422 g/mol. The van der Waals surface area contributed by atoms with Crippen LogP contribution in [0.4, 0.5) is 5.13 Å². The summed E-state index contributed by atoms with van der Waals surface area (Å²) in [4.78, 5) is 22.2. The summed E-state index contributed by atoms with van der Waals surface area (Å²) in [6.45, 7) is 9.80. The minimum Gasteiger partial charge on any atom is -0.454 e. The van der Waals surface area contributed by atoms with Gasteiger partial charge in [-0.25, -0.2) is 4.98 Å². The number of halogens is 1. The minimum absolute atomic E-state index is 0. The molecule has 4 rings (SSSR count). The molecule has 2 aromatic carbocycles. The topological polar surface area (TPSA) is 54.9 Å². The van der Waals surface area contributed by atoms with Crippen molar-refractivity contribution in [3.63, 3.8) is 0 Å². The van der Waals surface area contributed by atoms with Crippen LogP contribution in [0.25, 0.3) is 10.2 Å². The predicted octanol–water partition coefficient (Wildman–Crippen LogP) is 4.74. The average Bonchev–Trinajstić information content (AvgIpc) is 3.35. The zero-order chi connectivity index (χ0) is 20.4. The molecule has 8 heteroatoms. The second-order valence-electron chi connectivity index (χ2n) is 7.02. The van der Waals surface area contributed by atoms with Crippen LogP contribution < -0.4 is 14.4 Å². The number of aryl methyl sites for hydroxylation is 1. The lowest BCUT2D eigenvalue weighted by atomic mass is 10.1. The fraction of sp³-hybridized carbons (Fsp3) is 0.364.